The maximum Gasteiger partial charge on any atom is 0.254 e. The molecule has 1 fully saturated rings. The zero-order chi connectivity index (χ0) is 19.6. The molecule has 1 amide bonds. The van der Waals surface area contributed by atoms with Gasteiger partial charge in [0.1, 0.15) is 0 Å². The summed E-state index contributed by atoms with van der Waals surface area (Å²) < 4.78 is 42.5. The number of ether oxygens (including phenoxy) is 3. The average molecular weight is 377 g/mol. The lowest BCUT2D eigenvalue weighted by Gasteiger charge is -2.19. The van der Waals surface area contributed by atoms with Gasteiger partial charge in [-0.1, -0.05) is 6.07 Å². The van der Waals surface area contributed by atoms with Gasteiger partial charge in [0, 0.05) is 24.6 Å². The van der Waals surface area contributed by atoms with Crippen molar-refractivity contribution in [1.82, 2.24) is 4.90 Å². The lowest BCUT2D eigenvalue weighted by molar-refractivity contribution is 0.0790. The quantitative estimate of drug-likeness (QED) is 0.799. The van der Waals surface area contributed by atoms with E-state index in [1.54, 1.807) is 23.1 Å². The molecule has 27 heavy (non-hydrogen) atoms. The Kier molecular flexibility index (Phi) is 5.48. The van der Waals surface area contributed by atoms with Crippen LogP contribution in [0.15, 0.2) is 30.3 Å². The first-order valence-electron chi connectivity index (χ1n) is 8.52. The molecule has 0 N–H and O–H groups in total. The van der Waals surface area contributed by atoms with E-state index < -0.39 is 11.6 Å². The van der Waals surface area contributed by atoms with Crippen LogP contribution in [0.5, 0.6) is 17.2 Å². The van der Waals surface area contributed by atoms with Crippen LogP contribution in [0.3, 0.4) is 0 Å². The van der Waals surface area contributed by atoms with Gasteiger partial charge in [0.25, 0.3) is 5.91 Å². The average Bonchev–Trinajstić information content (AvgIpc) is 3.18. The molecule has 0 radical (unpaired) electrons. The van der Waals surface area contributed by atoms with E-state index in [1.165, 1.54) is 27.4 Å². The molecule has 0 aliphatic carbocycles. The Hall–Kier alpha value is -2.83. The number of amides is 1. The van der Waals surface area contributed by atoms with E-state index >= 15 is 0 Å². The molecule has 1 unspecified atom stereocenters. The van der Waals surface area contributed by atoms with Gasteiger partial charge in [-0.25, -0.2) is 8.78 Å². The van der Waals surface area contributed by atoms with Crippen LogP contribution in [-0.4, -0.2) is 45.2 Å². The number of halogens is 2. The van der Waals surface area contributed by atoms with Crippen molar-refractivity contribution >= 4 is 5.91 Å². The van der Waals surface area contributed by atoms with Crippen molar-refractivity contribution in [2.24, 2.45) is 0 Å². The molecule has 2 aromatic carbocycles. The third-order valence-electron chi connectivity index (χ3n) is 4.80. The topological polar surface area (TPSA) is 48.0 Å². The summed E-state index contributed by atoms with van der Waals surface area (Å²) in [6, 6.07) is 7.10. The number of hydrogen-bond donors (Lipinski definition) is 0. The molecule has 3 rings (SSSR count). The van der Waals surface area contributed by atoms with Gasteiger partial charge in [-0.2, -0.15) is 0 Å². The minimum absolute atomic E-state index is 0.0360. The molecule has 0 bridgehead atoms. The van der Waals surface area contributed by atoms with Crippen molar-refractivity contribution in [1.29, 1.82) is 0 Å². The van der Waals surface area contributed by atoms with Gasteiger partial charge in [-0.3, -0.25) is 4.79 Å². The lowest BCUT2D eigenvalue weighted by atomic mass is 9.98. The van der Waals surface area contributed by atoms with E-state index in [-0.39, 0.29) is 11.8 Å². The van der Waals surface area contributed by atoms with Gasteiger partial charge < -0.3 is 19.1 Å². The highest BCUT2D eigenvalue weighted by Gasteiger charge is 2.29. The number of nitrogens with zero attached hydrogens (tertiary/aromatic N) is 1. The zero-order valence-corrected chi connectivity index (χ0v) is 15.4. The first-order valence-corrected chi connectivity index (χ1v) is 8.52. The summed E-state index contributed by atoms with van der Waals surface area (Å²) in [5.74, 6) is -0.750. The van der Waals surface area contributed by atoms with Crippen LogP contribution in [0, 0.1) is 11.6 Å². The Balaban J connectivity index is 1.81. The molecule has 0 aromatic heterocycles. The second kappa shape index (κ2) is 7.82. The summed E-state index contributed by atoms with van der Waals surface area (Å²) in [5, 5.41) is 0. The number of methoxy groups -OCH3 is 3. The fourth-order valence-corrected chi connectivity index (χ4v) is 3.37. The van der Waals surface area contributed by atoms with Gasteiger partial charge in [-0.05, 0) is 36.2 Å². The predicted molar refractivity (Wildman–Crippen MR) is 95.7 cm³/mol. The maximum absolute atomic E-state index is 13.5. The van der Waals surface area contributed by atoms with E-state index in [2.05, 4.69) is 0 Å². The summed E-state index contributed by atoms with van der Waals surface area (Å²) in [6.45, 7) is 0.958. The third kappa shape index (κ3) is 3.67. The summed E-state index contributed by atoms with van der Waals surface area (Å²) in [7, 11) is 4.47. The Bertz CT molecular complexity index is 831. The number of benzene rings is 2. The molecule has 1 aliphatic rings. The molecular weight excluding hydrogens is 356 g/mol. The van der Waals surface area contributed by atoms with Crippen molar-refractivity contribution in [2.75, 3.05) is 34.4 Å². The van der Waals surface area contributed by atoms with Crippen LogP contribution >= 0.6 is 0 Å². The van der Waals surface area contributed by atoms with E-state index in [9.17, 15) is 13.6 Å². The van der Waals surface area contributed by atoms with Crippen LogP contribution in [0.2, 0.25) is 0 Å². The van der Waals surface area contributed by atoms with Gasteiger partial charge in [0.05, 0.1) is 21.3 Å². The maximum atomic E-state index is 13.5. The van der Waals surface area contributed by atoms with Crippen LogP contribution < -0.4 is 14.2 Å². The summed E-state index contributed by atoms with van der Waals surface area (Å²) in [4.78, 5) is 14.6. The van der Waals surface area contributed by atoms with Crippen LogP contribution in [-0.2, 0) is 0 Å². The first-order chi connectivity index (χ1) is 13.0. The molecule has 7 heteroatoms. The number of rotatable bonds is 5. The van der Waals surface area contributed by atoms with Crippen LogP contribution in [0.4, 0.5) is 8.78 Å². The molecule has 2 aromatic rings. The molecule has 0 saturated carbocycles. The number of hydrogen-bond acceptors (Lipinski definition) is 4. The molecule has 1 atom stereocenters. The summed E-state index contributed by atoms with van der Waals surface area (Å²) >= 11 is 0. The van der Waals surface area contributed by atoms with E-state index in [1.807, 2.05) is 0 Å². The zero-order valence-electron chi connectivity index (χ0n) is 15.4. The highest BCUT2D eigenvalue weighted by atomic mass is 19.2. The Morgan fingerprint density at radius 3 is 2.22 bits per heavy atom. The van der Waals surface area contributed by atoms with Crippen molar-refractivity contribution in [3.8, 4) is 17.2 Å². The number of carbonyl (C=O) groups is 1. The Labute approximate surface area is 156 Å². The largest absolute Gasteiger partial charge is 0.493 e. The smallest absolute Gasteiger partial charge is 0.254 e. The second-order valence-corrected chi connectivity index (χ2v) is 6.32. The van der Waals surface area contributed by atoms with Gasteiger partial charge >= 0.3 is 0 Å². The minimum Gasteiger partial charge on any atom is -0.493 e. The molecule has 1 aliphatic heterocycles. The highest BCUT2D eigenvalue weighted by molar-refractivity contribution is 5.96. The fraction of sp³-hybridized carbons (Fsp3) is 0.350. The Morgan fingerprint density at radius 1 is 1.00 bits per heavy atom. The first kappa shape index (κ1) is 18.9. The molecule has 144 valence electrons. The van der Waals surface area contributed by atoms with E-state index in [0.717, 1.165) is 6.07 Å². The molecule has 1 saturated heterocycles. The standard InChI is InChI=1S/C20H21F2NO4/c1-25-17-9-14(10-18(26-2)19(17)27-3)20(24)23-7-6-13(11-23)12-4-5-15(21)16(22)8-12/h4-5,8-10,13H,6-7,11H2,1-3H3. The lowest BCUT2D eigenvalue weighted by Crippen LogP contribution is -2.28. The van der Waals surface area contributed by atoms with Crippen molar-refractivity contribution in [2.45, 2.75) is 12.3 Å². The van der Waals surface area contributed by atoms with Crippen molar-refractivity contribution in [3.05, 3.63) is 53.1 Å². The number of likely N-dealkylation sites (tertiary alicyclic amines) is 1. The van der Waals surface area contributed by atoms with Gasteiger partial charge in [0.2, 0.25) is 5.75 Å². The highest BCUT2D eigenvalue weighted by Crippen LogP contribution is 2.39. The van der Waals surface area contributed by atoms with E-state index in [0.29, 0.717) is 47.9 Å². The van der Waals surface area contributed by atoms with Gasteiger partial charge in [0.15, 0.2) is 23.1 Å². The molecule has 0 spiro atoms. The van der Waals surface area contributed by atoms with Crippen molar-refractivity contribution in [3.63, 3.8) is 0 Å². The molecular formula is C20H21F2NO4. The van der Waals surface area contributed by atoms with E-state index in [4.69, 9.17) is 14.2 Å². The minimum atomic E-state index is -0.873. The van der Waals surface area contributed by atoms with Crippen LogP contribution in [0.1, 0.15) is 28.3 Å². The fourth-order valence-electron chi connectivity index (χ4n) is 3.37. The monoisotopic (exact) mass is 377 g/mol. The second-order valence-electron chi connectivity index (χ2n) is 6.32. The summed E-state index contributed by atoms with van der Waals surface area (Å²) in [6.07, 6.45) is 0.682. The molecule has 5 nitrogen and oxygen atoms in total. The number of carbonyl (C=O) groups excluding carboxylic acids is 1. The molecule has 1 heterocycles. The normalized spacial score (nSPS) is 16.3. The van der Waals surface area contributed by atoms with Gasteiger partial charge in [-0.15, -0.1) is 0 Å². The summed E-state index contributed by atoms with van der Waals surface area (Å²) in [5.41, 5.74) is 1.10. The third-order valence-corrected chi connectivity index (χ3v) is 4.80. The predicted octanol–water partition coefficient (Wildman–Crippen LogP) is 3.62. The van der Waals surface area contributed by atoms with Crippen molar-refractivity contribution < 1.29 is 27.8 Å². The SMILES string of the molecule is COc1cc(C(=O)N2CCC(c3ccc(F)c(F)c3)C2)cc(OC)c1OC. The Morgan fingerprint density at radius 2 is 1.67 bits per heavy atom. The van der Waals surface area contributed by atoms with Crippen LogP contribution in [0.25, 0.3) is 0 Å².